The third kappa shape index (κ3) is 2.55. The summed E-state index contributed by atoms with van der Waals surface area (Å²) in [6.07, 6.45) is 0. The van der Waals surface area contributed by atoms with E-state index in [-0.39, 0.29) is 18.1 Å². The standard InChI is InChI=1S/C15H13NO5/c1-19-10-3-4-11(12(17)7-10)15(18)16-9-2-5-13-14(6-9)21-8-20-13/h2-7,17H,8H2,1H3,(H,16,18). The maximum absolute atomic E-state index is 12.2. The lowest BCUT2D eigenvalue weighted by Crippen LogP contribution is -2.12. The molecule has 1 aliphatic heterocycles. The molecule has 108 valence electrons. The molecule has 3 rings (SSSR count). The lowest BCUT2D eigenvalue weighted by Gasteiger charge is -2.08. The molecule has 0 aliphatic carbocycles. The first-order valence-corrected chi connectivity index (χ1v) is 6.25. The third-order valence-electron chi connectivity index (χ3n) is 3.08. The predicted octanol–water partition coefficient (Wildman–Crippen LogP) is 2.38. The molecule has 6 heteroatoms. The van der Waals surface area contributed by atoms with Crippen molar-refractivity contribution in [3.8, 4) is 23.0 Å². The van der Waals surface area contributed by atoms with Crippen LogP contribution in [-0.4, -0.2) is 24.9 Å². The number of amides is 1. The molecule has 0 saturated heterocycles. The van der Waals surface area contributed by atoms with Crippen molar-refractivity contribution >= 4 is 11.6 Å². The fourth-order valence-corrected chi connectivity index (χ4v) is 2.00. The van der Waals surface area contributed by atoms with Gasteiger partial charge in [0.2, 0.25) is 6.79 Å². The van der Waals surface area contributed by atoms with Crippen LogP contribution in [0.2, 0.25) is 0 Å². The normalized spacial score (nSPS) is 12.0. The number of hydrogen-bond acceptors (Lipinski definition) is 5. The van der Waals surface area contributed by atoms with E-state index in [0.29, 0.717) is 22.9 Å². The summed E-state index contributed by atoms with van der Waals surface area (Å²) in [6.45, 7) is 0.173. The fourth-order valence-electron chi connectivity index (χ4n) is 2.00. The molecule has 0 unspecified atom stereocenters. The number of ether oxygens (including phenoxy) is 3. The minimum absolute atomic E-state index is 0.146. The second-order valence-corrected chi connectivity index (χ2v) is 4.41. The Hall–Kier alpha value is -2.89. The van der Waals surface area contributed by atoms with Gasteiger partial charge in [-0.1, -0.05) is 0 Å². The number of phenols is 1. The second kappa shape index (κ2) is 5.24. The topological polar surface area (TPSA) is 77.0 Å². The second-order valence-electron chi connectivity index (χ2n) is 4.41. The number of carbonyl (C=O) groups is 1. The quantitative estimate of drug-likeness (QED) is 0.906. The average molecular weight is 287 g/mol. The summed E-state index contributed by atoms with van der Waals surface area (Å²) in [7, 11) is 1.49. The van der Waals surface area contributed by atoms with Crippen LogP contribution < -0.4 is 19.5 Å². The van der Waals surface area contributed by atoms with Crippen LogP contribution >= 0.6 is 0 Å². The summed E-state index contributed by atoms with van der Waals surface area (Å²) < 4.78 is 15.4. The predicted molar refractivity (Wildman–Crippen MR) is 75.2 cm³/mol. The summed E-state index contributed by atoms with van der Waals surface area (Å²) in [4.78, 5) is 12.2. The number of rotatable bonds is 3. The summed E-state index contributed by atoms with van der Waals surface area (Å²) in [5, 5.41) is 12.5. The van der Waals surface area contributed by atoms with Crippen molar-refractivity contribution in [3.63, 3.8) is 0 Å². The molecular formula is C15H13NO5. The molecule has 1 heterocycles. The number of aromatic hydroxyl groups is 1. The number of carbonyl (C=O) groups excluding carboxylic acids is 1. The minimum atomic E-state index is -0.422. The molecule has 0 aromatic heterocycles. The number of fused-ring (bicyclic) bond motifs is 1. The van der Waals surface area contributed by atoms with E-state index in [4.69, 9.17) is 14.2 Å². The van der Waals surface area contributed by atoms with Gasteiger partial charge in [-0.3, -0.25) is 4.79 Å². The number of anilines is 1. The van der Waals surface area contributed by atoms with E-state index in [1.165, 1.54) is 19.2 Å². The van der Waals surface area contributed by atoms with Gasteiger partial charge in [0, 0.05) is 17.8 Å². The Bertz CT molecular complexity index is 698. The molecule has 0 radical (unpaired) electrons. The average Bonchev–Trinajstić information content (AvgIpc) is 2.94. The van der Waals surface area contributed by atoms with Gasteiger partial charge in [0.05, 0.1) is 12.7 Å². The Balaban J connectivity index is 1.80. The van der Waals surface area contributed by atoms with Crippen LogP contribution in [0.4, 0.5) is 5.69 Å². The zero-order chi connectivity index (χ0) is 14.8. The number of methoxy groups -OCH3 is 1. The summed E-state index contributed by atoms with van der Waals surface area (Å²) in [5.41, 5.74) is 0.716. The van der Waals surface area contributed by atoms with E-state index < -0.39 is 5.91 Å². The number of benzene rings is 2. The van der Waals surface area contributed by atoms with Gasteiger partial charge in [0.25, 0.3) is 5.91 Å². The van der Waals surface area contributed by atoms with Crippen LogP contribution in [0.25, 0.3) is 0 Å². The van der Waals surface area contributed by atoms with Gasteiger partial charge in [0.1, 0.15) is 11.5 Å². The molecule has 0 bridgehead atoms. The molecule has 21 heavy (non-hydrogen) atoms. The number of hydrogen-bond donors (Lipinski definition) is 2. The molecule has 1 amide bonds. The first-order chi connectivity index (χ1) is 10.2. The minimum Gasteiger partial charge on any atom is -0.507 e. The lowest BCUT2D eigenvalue weighted by molar-refractivity contribution is 0.102. The number of phenolic OH excluding ortho intramolecular Hbond substituents is 1. The van der Waals surface area contributed by atoms with Crippen molar-refractivity contribution < 1.29 is 24.1 Å². The lowest BCUT2D eigenvalue weighted by atomic mass is 10.1. The molecular weight excluding hydrogens is 274 g/mol. The summed E-state index contributed by atoms with van der Waals surface area (Å²) in [5.74, 6) is 1.13. The highest BCUT2D eigenvalue weighted by molar-refractivity contribution is 6.06. The Morgan fingerprint density at radius 3 is 2.76 bits per heavy atom. The highest BCUT2D eigenvalue weighted by Gasteiger charge is 2.16. The number of nitrogens with one attached hydrogen (secondary N) is 1. The molecule has 0 atom stereocenters. The first-order valence-electron chi connectivity index (χ1n) is 6.25. The van der Waals surface area contributed by atoms with E-state index in [1.807, 2.05) is 0 Å². The SMILES string of the molecule is COc1ccc(C(=O)Nc2ccc3c(c2)OCO3)c(O)c1. The Kier molecular flexibility index (Phi) is 3.27. The molecule has 2 aromatic rings. The van der Waals surface area contributed by atoms with Crippen molar-refractivity contribution in [2.24, 2.45) is 0 Å². The van der Waals surface area contributed by atoms with E-state index >= 15 is 0 Å². The molecule has 0 saturated carbocycles. The van der Waals surface area contributed by atoms with Crippen molar-refractivity contribution in [1.29, 1.82) is 0 Å². The molecule has 0 spiro atoms. The molecule has 6 nitrogen and oxygen atoms in total. The van der Waals surface area contributed by atoms with Gasteiger partial charge in [0.15, 0.2) is 11.5 Å². The van der Waals surface area contributed by atoms with Gasteiger partial charge in [-0.05, 0) is 24.3 Å². The molecule has 2 N–H and O–H groups in total. The van der Waals surface area contributed by atoms with Crippen molar-refractivity contribution in [2.75, 3.05) is 19.2 Å². The Labute approximate surface area is 120 Å². The maximum Gasteiger partial charge on any atom is 0.259 e. The maximum atomic E-state index is 12.2. The van der Waals surface area contributed by atoms with Crippen LogP contribution in [0.3, 0.4) is 0 Å². The zero-order valence-electron chi connectivity index (χ0n) is 11.3. The van der Waals surface area contributed by atoms with Gasteiger partial charge in [-0.15, -0.1) is 0 Å². The molecule has 0 fully saturated rings. The van der Waals surface area contributed by atoms with E-state index in [2.05, 4.69) is 5.32 Å². The van der Waals surface area contributed by atoms with Gasteiger partial charge in [-0.25, -0.2) is 0 Å². The van der Waals surface area contributed by atoms with Crippen molar-refractivity contribution in [1.82, 2.24) is 0 Å². The van der Waals surface area contributed by atoms with E-state index in [9.17, 15) is 9.90 Å². The van der Waals surface area contributed by atoms with Crippen LogP contribution in [-0.2, 0) is 0 Å². The largest absolute Gasteiger partial charge is 0.507 e. The van der Waals surface area contributed by atoms with E-state index in [0.717, 1.165) is 0 Å². The van der Waals surface area contributed by atoms with Gasteiger partial charge in [-0.2, -0.15) is 0 Å². The smallest absolute Gasteiger partial charge is 0.259 e. The van der Waals surface area contributed by atoms with Crippen LogP contribution in [0.5, 0.6) is 23.0 Å². The van der Waals surface area contributed by atoms with Crippen LogP contribution in [0.1, 0.15) is 10.4 Å². The van der Waals surface area contributed by atoms with Crippen molar-refractivity contribution in [2.45, 2.75) is 0 Å². The van der Waals surface area contributed by atoms with Crippen LogP contribution in [0.15, 0.2) is 36.4 Å². The monoisotopic (exact) mass is 287 g/mol. The first kappa shape index (κ1) is 13.1. The van der Waals surface area contributed by atoms with E-state index in [1.54, 1.807) is 24.3 Å². The molecule has 2 aromatic carbocycles. The Morgan fingerprint density at radius 1 is 1.19 bits per heavy atom. The summed E-state index contributed by atoms with van der Waals surface area (Å²) >= 11 is 0. The van der Waals surface area contributed by atoms with Crippen molar-refractivity contribution in [3.05, 3.63) is 42.0 Å². The van der Waals surface area contributed by atoms with Gasteiger partial charge < -0.3 is 24.6 Å². The highest BCUT2D eigenvalue weighted by Crippen LogP contribution is 2.34. The van der Waals surface area contributed by atoms with Crippen LogP contribution in [0, 0.1) is 0 Å². The molecule has 1 aliphatic rings. The highest BCUT2D eigenvalue weighted by atomic mass is 16.7. The van der Waals surface area contributed by atoms with Gasteiger partial charge >= 0.3 is 0 Å². The third-order valence-corrected chi connectivity index (χ3v) is 3.08. The zero-order valence-corrected chi connectivity index (χ0v) is 11.3. The Morgan fingerprint density at radius 2 is 2.00 bits per heavy atom. The summed E-state index contributed by atoms with van der Waals surface area (Å²) in [6, 6.07) is 9.57. The fraction of sp³-hybridized carbons (Fsp3) is 0.133.